The second-order valence-corrected chi connectivity index (χ2v) is 12.5. The lowest BCUT2D eigenvalue weighted by molar-refractivity contribution is -0.105. The van der Waals surface area contributed by atoms with E-state index < -0.39 is 30.2 Å². The lowest BCUT2D eigenvalue weighted by Crippen LogP contribution is -2.46. The minimum Gasteiger partial charge on any atom is -0.435 e. The van der Waals surface area contributed by atoms with Gasteiger partial charge in [0.05, 0.1) is 19.5 Å². The lowest BCUT2D eigenvalue weighted by atomic mass is 9.48. The van der Waals surface area contributed by atoms with Gasteiger partial charge < -0.3 is 29.4 Å². The number of hydrogen-bond acceptors (Lipinski definition) is 11. The van der Waals surface area contributed by atoms with Gasteiger partial charge in [-0.2, -0.15) is 0 Å². The maximum atomic E-state index is 12.6. The van der Waals surface area contributed by atoms with Crippen LogP contribution in [0.5, 0.6) is 0 Å². The smallest absolute Gasteiger partial charge is 0.435 e. The molecule has 7 rings (SSSR count). The first-order valence-electron chi connectivity index (χ1n) is 15.0. The highest BCUT2D eigenvalue weighted by Gasteiger charge is 2.53. The van der Waals surface area contributed by atoms with Crippen molar-refractivity contribution in [1.29, 1.82) is 0 Å². The number of aryl methyl sites for hydroxylation is 1. The van der Waals surface area contributed by atoms with Gasteiger partial charge in [0.1, 0.15) is 24.2 Å². The maximum absolute atomic E-state index is 12.6. The van der Waals surface area contributed by atoms with Crippen LogP contribution >= 0.6 is 0 Å². The first kappa shape index (κ1) is 28.5. The summed E-state index contributed by atoms with van der Waals surface area (Å²) in [5, 5.41) is 0. The van der Waals surface area contributed by atoms with Crippen LogP contribution in [0.3, 0.4) is 0 Å². The van der Waals surface area contributed by atoms with Crippen molar-refractivity contribution in [2.75, 3.05) is 25.6 Å². The molecule has 5 aliphatic rings. The van der Waals surface area contributed by atoms with E-state index in [9.17, 15) is 9.59 Å². The molecule has 2 N–H and O–H groups in total. The van der Waals surface area contributed by atoms with Crippen molar-refractivity contribution >= 4 is 29.3 Å². The van der Waals surface area contributed by atoms with Crippen molar-refractivity contribution in [2.24, 2.45) is 23.2 Å². The number of ether oxygens (including phenoxy) is 5. The maximum Gasteiger partial charge on any atom is 0.508 e. The first-order chi connectivity index (χ1) is 20.2. The van der Waals surface area contributed by atoms with Crippen LogP contribution in [0.25, 0.3) is 11.2 Å². The summed E-state index contributed by atoms with van der Waals surface area (Å²) >= 11 is 0. The predicted molar refractivity (Wildman–Crippen MR) is 150 cm³/mol. The molecule has 2 aromatic rings. The quantitative estimate of drug-likeness (QED) is 0.249. The molecular formula is C30H39N5O7. The number of nitrogens with zero attached hydrogens (tertiary/aromatic N) is 4. The van der Waals surface area contributed by atoms with Crippen LogP contribution in [0, 0.1) is 42.4 Å². The highest BCUT2D eigenvalue weighted by Crippen LogP contribution is 2.61. The second-order valence-electron chi connectivity index (χ2n) is 12.5. The fourth-order valence-corrected chi connectivity index (χ4v) is 8.29. The zero-order valence-electron chi connectivity index (χ0n) is 24.3. The normalized spacial score (nSPS) is 32.9. The third-order valence-electron chi connectivity index (χ3n) is 9.54. The Morgan fingerprint density at radius 3 is 2.48 bits per heavy atom. The summed E-state index contributed by atoms with van der Waals surface area (Å²) in [4.78, 5) is 37.8. The minimum absolute atomic E-state index is 0.118. The minimum atomic E-state index is -1.60. The Labute approximate surface area is 245 Å². The predicted octanol–water partition coefficient (Wildman–Crippen LogP) is 4.70. The molecule has 0 radical (unpaired) electrons. The molecule has 0 aromatic carbocycles. The zero-order chi connectivity index (χ0) is 29.5. The summed E-state index contributed by atoms with van der Waals surface area (Å²) in [6.07, 6.45) is 14.1. The number of carbonyl (C=O) groups excluding carboxylic acids is 2. The number of nitrogen functional groups attached to an aromatic ring is 1. The van der Waals surface area contributed by atoms with E-state index in [-0.39, 0.29) is 32.1 Å². The molecule has 4 aliphatic carbocycles. The highest BCUT2D eigenvalue weighted by molar-refractivity contribution is 5.81. The van der Waals surface area contributed by atoms with Crippen LogP contribution in [-0.2, 0) is 23.7 Å². The molecular weight excluding hydrogens is 542 g/mol. The zero-order valence-corrected chi connectivity index (χ0v) is 24.3. The number of aromatic nitrogens is 4. The SMILES string of the molecule is C#C[C@]1(COC(=O)OCCCC23CC4CC(CC(C4)C2)C3)O[C@@H](n2cnc3c(N)nc(C)nc32)C[C@@H]1OC(=O)OCC. The Morgan fingerprint density at radius 1 is 1.10 bits per heavy atom. The van der Waals surface area contributed by atoms with Crippen LogP contribution in [0.4, 0.5) is 15.4 Å². The fraction of sp³-hybridized carbons (Fsp3) is 0.700. The molecule has 12 nitrogen and oxygen atoms in total. The number of fused-ring (bicyclic) bond motifs is 1. The Kier molecular flexibility index (Phi) is 7.64. The van der Waals surface area contributed by atoms with Crippen molar-refractivity contribution < 1.29 is 33.3 Å². The molecule has 42 heavy (non-hydrogen) atoms. The first-order valence-corrected chi connectivity index (χ1v) is 15.0. The monoisotopic (exact) mass is 581 g/mol. The summed E-state index contributed by atoms with van der Waals surface area (Å²) < 4.78 is 29.3. The van der Waals surface area contributed by atoms with Gasteiger partial charge >= 0.3 is 12.3 Å². The van der Waals surface area contributed by atoms with E-state index in [1.54, 1.807) is 18.4 Å². The fourth-order valence-electron chi connectivity index (χ4n) is 8.29. The topological polar surface area (TPSA) is 150 Å². The summed E-state index contributed by atoms with van der Waals surface area (Å²) in [7, 11) is 0. The Balaban J connectivity index is 1.08. The van der Waals surface area contributed by atoms with Crippen LogP contribution in [0.2, 0.25) is 0 Å². The van der Waals surface area contributed by atoms with Gasteiger partial charge in [0, 0.05) is 6.42 Å². The highest BCUT2D eigenvalue weighted by atomic mass is 16.7. The second kappa shape index (κ2) is 11.2. The average Bonchev–Trinajstić information content (AvgIpc) is 3.51. The largest absolute Gasteiger partial charge is 0.508 e. The molecule has 226 valence electrons. The number of nitrogens with two attached hydrogens (primary N) is 1. The van der Waals surface area contributed by atoms with Gasteiger partial charge in [-0.05, 0) is 88.4 Å². The van der Waals surface area contributed by atoms with E-state index in [0.717, 1.165) is 30.6 Å². The van der Waals surface area contributed by atoms with Crippen LogP contribution in [-0.4, -0.2) is 63.4 Å². The molecule has 1 saturated heterocycles. The third-order valence-corrected chi connectivity index (χ3v) is 9.54. The van der Waals surface area contributed by atoms with Gasteiger partial charge in [0.2, 0.25) is 5.60 Å². The van der Waals surface area contributed by atoms with Gasteiger partial charge in [0.15, 0.2) is 17.6 Å². The molecule has 2 aromatic heterocycles. The van der Waals surface area contributed by atoms with Crippen molar-refractivity contribution in [2.45, 2.75) is 89.6 Å². The Hall–Kier alpha value is -3.59. The average molecular weight is 582 g/mol. The van der Waals surface area contributed by atoms with Crippen molar-refractivity contribution in [3.8, 4) is 12.3 Å². The molecule has 4 saturated carbocycles. The third kappa shape index (κ3) is 5.46. The summed E-state index contributed by atoms with van der Waals surface area (Å²) in [5.74, 6) is 5.89. The van der Waals surface area contributed by atoms with Crippen molar-refractivity contribution in [3.63, 3.8) is 0 Å². The number of terminal acetylenes is 1. The molecule has 0 amide bonds. The summed E-state index contributed by atoms with van der Waals surface area (Å²) in [6.45, 7) is 3.38. The number of imidazole rings is 1. The number of carbonyl (C=O) groups is 2. The van der Waals surface area contributed by atoms with E-state index in [4.69, 9.17) is 35.8 Å². The molecule has 1 aliphatic heterocycles. The summed E-state index contributed by atoms with van der Waals surface area (Å²) in [6, 6.07) is 0. The van der Waals surface area contributed by atoms with Gasteiger partial charge in [-0.25, -0.2) is 24.5 Å². The molecule has 12 heteroatoms. The molecule has 0 unspecified atom stereocenters. The standard InChI is InChI=1S/C30H39N5O7/c1-4-30(16-40-27(36)39-8-6-7-29-13-19-9-20(14-29)11-21(10-19)15-29)22(41-28(37)38-5-2)12-23(42-30)35-17-32-24-25(31)33-18(3)34-26(24)35/h1,17,19-23H,5-16H2,2-3H3,(H2,31,33,34)/t19?,20?,21?,22-,23+,29?,30+/m0/s1. The molecule has 4 bridgehead atoms. The van der Waals surface area contributed by atoms with Crippen LogP contribution in [0.15, 0.2) is 6.33 Å². The van der Waals surface area contributed by atoms with E-state index in [1.165, 1.54) is 44.9 Å². The van der Waals surface area contributed by atoms with E-state index in [1.807, 2.05) is 0 Å². The Bertz CT molecular complexity index is 1350. The van der Waals surface area contributed by atoms with Crippen molar-refractivity contribution in [1.82, 2.24) is 19.5 Å². The van der Waals surface area contributed by atoms with E-state index in [2.05, 4.69) is 20.9 Å². The lowest BCUT2D eigenvalue weighted by Gasteiger charge is -2.57. The molecule has 3 heterocycles. The van der Waals surface area contributed by atoms with Gasteiger partial charge in [-0.1, -0.05) is 5.92 Å². The van der Waals surface area contributed by atoms with Gasteiger partial charge in [-0.15, -0.1) is 6.42 Å². The Morgan fingerprint density at radius 2 is 1.81 bits per heavy atom. The van der Waals surface area contributed by atoms with Gasteiger partial charge in [0.25, 0.3) is 0 Å². The number of rotatable bonds is 9. The number of anilines is 1. The van der Waals surface area contributed by atoms with Gasteiger partial charge in [-0.3, -0.25) is 4.57 Å². The van der Waals surface area contributed by atoms with E-state index in [0.29, 0.717) is 22.4 Å². The number of hydrogen-bond donors (Lipinski definition) is 1. The van der Waals surface area contributed by atoms with E-state index >= 15 is 0 Å². The molecule has 3 atom stereocenters. The van der Waals surface area contributed by atoms with Crippen LogP contribution < -0.4 is 5.73 Å². The molecule has 0 spiro atoms. The van der Waals surface area contributed by atoms with Crippen LogP contribution in [0.1, 0.15) is 76.8 Å². The van der Waals surface area contributed by atoms with Crippen molar-refractivity contribution in [3.05, 3.63) is 12.2 Å². The molecule has 5 fully saturated rings. The summed E-state index contributed by atoms with van der Waals surface area (Å²) in [5.41, 5.74) is 5.69.